The van der Waals surface area contributed by atoms with Crippen LogP contribution >= 0.6 is 0 Å². The Bertz CT molecular complexity index is 1160. The number of piperidine rings is 1. The van der Waals surface area contributed by atoms with Crippen LogP contribution in [-0.4, -0.2) is 65.5 Å². The van der Waals surface area contributed by atoms with E-state index in [1.54, 1.807) is 12.3 Å². The number of aromatic nitrogens is 2. The Morgan fingerprint density at radius 1 is 1.06 bits per heavy atom. The first-order valence-corrected chi connectivity index (χ1v) is 12.2. The highest BCUT2D eigenvalue weighted by atomic mass is 16.5. The largest absolute Gasteiger partial charge is 0.489 e. The minimum absolute atomic E-state index is 0.0641. The van der Waals surface area contributed by atoms with E-state index in [2.05, 4.69) is 30.8 Å². The van der Waals surface area contributed by atoms with Crippen molar-refractivity contribution in [2.24, 2.45) is 0 Å². The molecule has 0 saturated carbocycles. The van der Waals surface area contributed by atoms with Crippen LogP contribution in [0.5, 0.6) is 5.75 Å². The van der Waals surface area contributed by atoms with E-state index in [9.17, 15) is 9.59 Å². The van der Waals surface area contributed by atoms with Crippen LogP contribution in [0.1, 0.15) is 19.8 Å². The van der Waals surface area contributed by atoms with Crippen LogP contribution in [-0.2, 0) is 9.59 Å². The molecule has 1 aromatic heterocycles. The number of nitrogens with one attached hydrogen (secondary N) is 3. The first-order chi connectivity index (χ1) is 17.6. The summed E-state index contributed by atoms with van der Waals surface area (Å²) in [5.41, 5.74) is 1.66. The molecule has 1 aliphatic heterocycles. The number of para-hydroxylation sites is 2. The number of anilines is 2. The first kappa shape index (κ1) is 25.1. The van der Waals surface area contributed by atoms with Gasteiger partial charge in [-0.1, -0.05) is 30.3 Å². The van der Waals surface area contributed by atoms with Gasteiger partial charge in [0.15, 0.2) is 5.82 Å². The summed E-state index contributed by atoms with van der Waals surface area (Å²) < 4.78 is 6.09. The Morgan fingerprint density at radius 3 is 2.69 bits per heavy atom. The Balaban J connectivity index is 1.33. The summed E-state index contributed by atoms with van der Waals surface area (Å²) in [7, 11) is 0. The fourth-order valence-electron chi connectivity index (χ4n) is 4.16. The Morgan fingerprint density at radius 2 is 1.86 bits per heavy atom. The average molecular weight is 489 g/mol. The number of benzene rings is 2. The second kappa shape index (κ2) is 12.6. The van der Waals surface area contributed by atoms with Crippen molar-refractivity contribution in [1.29, 1.82) is 0 Å². The summed E-state index contributed by atoms with van der Waals surface area (Å²) in [4.78, 5) is 35.0. The van der Waals surface area contributed by atoms with Gasteiger partial charge in [-0.3, -0.25) is 14.5 Å². The fourth-order valence-corrected chi connectivity index (χ4v) is 4.16. The van der Waals surface area contributed by atoms with Crippen molar-refractivity contribution in [3.8, 4) is 17.1 Å². The number of likely N-dealkylation sites (tertiary alicyclic amines) is 1. The first-order valence-electron chi connectivity index (χ1n) is 12.2. The van der Waals surface area contributed by atoms with Gasteiger partial charge >= 0.3 is 0 Å². The van der Waals surface area contributed by atoms with E-state index in [4.69, 9.17) is 4.74 Å². The molecular weight excluding hydrogens is 456 g/mol. The van der Waals surface area contributed by atoms with Crippen LogP contribution in [0.3, 0.4) is 0 Å². The number of hydrogen-bond acceptors (Lipinski definition) is 7. The Kier molecular flexibility index (Phi) is 8.82. The van der Waals surface area contributed by atoms with Gasteiger partial charge in [-0.15, -0.1) is 0 Å². The van der Waals surface area contributed by atoms with Crippen LogP contribution in [0.15, 0.2) is 66.9 Å². The van der Waals surface area contributed by atoms with Crippen LogP contribution < -0.4 is 20.7 Å². The Hall–Kier alpha value is -3.98. The average Bonchev–Trinajstić information content (AvgIpc) is 2.88. The zero-order valence-corrected chi connectivity index (χ0v) is 20.4. The second-order valence-corrected chi connectivity index (χ2v) is 8.70. The lowest BCUT2D eigenvalue weighted by atomic mass is 10.1. The molecule has 1 aliphatic rings. The number of ether oxygens (including phenoxy) is 1. The third kappa shape index (κ3) is 7.51. The lowest BCUT2D eigenvalue weighted by molar-refractivity contribution is -0.119. The quantitative estimate of drug-likeness (QED) is 0.376. The van der Waals surface area contributed by atoms with Gasteiger partial charge in [0.25, 0.3) is 0 Å². The zero-order chi connectivity index (χ0) is 25.2. The molecule has 2 heterocycles. The molecule has 3 N–H and O–H groups in total. The number of hydrogen-bond donors (Lipinski definition) is 3. The summed E-state index contributed by atoms with van der Waals surface area (Å²) in [6.07, 6.45) is 3.65. The molecular formula is C27H32N6O3. The van der Waals surface area contributed by atoms with Gasteiger partial charge in [0.05, 0.1) is 6.54 Å². The number of nitrogens with zero attached hydrogens (tertiary/aromatic N) is 3. The summed E-state index contributed by atoms with van der Waals surface area (Å²) in [5, 5.41) is 8.97. The van der Waals surface area contributed by atoms with Crippen LogP contribution in [0.2, 0.25) is 0 Å². The maximum Gasteiger partial charge on any atom is 0.239 e. The third-order valence-corrected chi connectivity index (χ3v) is 5.78. The molecule has 0 radical (unpaired) electrons. The lowest BCUT2D eigenvalue weighted by Crippen LogP contribution is -2.44. The van der Waals surface area contributed by atoms with Gasteiger partial charge < -0.3 is 20.7 Å². The standard InChI is InChI=1S/C27H32N6O3/c1-20(34)28-15-16-29-24-12-6-5-11-23(24)27-30-14-13-25(32-27)31-26(35)19-33-17-7-10-22(18-33)36-21-8-3-2-4-9-21/h2-6,8-9,11-14,22,29H,7,10,15-19H2,1H3,(H,28,34)(H,30,31,32,35). The molecule has 1 fully saturated rings. The predicted molar refractivity (Wildman–Crippen MR) is 140 cm³/mol. The fraction of sp³-hybridized carbons (Fsp3) is 0.333. The highest BCUT2D eigenvalue weighted by Crippen LogP contribution is 2.25. The van der Waals surface area contributed by atoms with Crippen molar-refractivity contribution in [2.45, 2.75) is 25.9 Å². The molecule has 9 nitrogen and oxygen atoms in total. The predicted octanol–water partition coefficient (Wildman–Crippen LogP) is 3.17. The van der Waals surface area contributed by atoms with Gasteiger partial charge in [0.1, 0.15) is 17.7 Å². The molecule has 0 bridgehead atoms. The highest BCUT2D eigenvalue weighted by Gasteiger charge is 2.23. The van der Waals surface area contributed by atoms with Crippen LogP contribution in [0.25, 0.3) is 11.4 Å². The molecule has 188 valence electrons. The van der Waals surface area contributed by atoms with Crippen molar-refractivity contribution >= 4 is 23.3 Å². The van der Waals surface area contributed by atoms with E-state index in [0.29, 0.717) is 31.3 Å². The van der Waals surface area contributed by atoms with E-state index in [1.165, 1.54) is 6.92 Å². The normalized spacial score (nSPS) is 15.6. The topological polar surface area (TPSA) is 108 Å². The molecule has 0 aliphatic carbocycles. The summed E-state index contributed by atoms with van der Waals surface area (Å²) in [6, 6.07) is 19.2. The Labute approximate surface area is 211 Å². The summed E-state index contributed by atoms with van der Waals surface area (Å²) >= 11 is 0. The van der Waals surface area contributed by atoms with Crippen LogP contribution in [0, 0.1) is 0 Å². The summed E-state index contributed by atoms with van der Waals surface area (Å²) in [5.74, 6) is 1.62. The van der Waals surface area contributed by atoms with E-state index >= 15 is 0 Å². The molecule has 3 aromatic rings. The van der Waals surface area contributed by atoms with E-state index in [-0.39, 0.29) is 24.5 Å². The van der Waals surface area contributed by atoms with Crippen molar-refractivity contribution in [2.75, 3.05) is 43.4 Å². The molecule has 1 unspecified atom stereocenters. The third-order valence-electron chi connectivity index (χ3n) is 5.78. The number of amides is 2. The molecule has 1 saturated heterocycles. The summed E-state index contributed by atoms with van der Waals surface area (Å²) in [6.45, 7) is 4.40. The monoisotopic (exact) mass is 488 g/mol. The molecule has 0 spiro atoms. The van der Waals surface area contributed by atoms with Crippen LogP contribution in [0.4, 0.5) is 11.5 Å². The van der Waals surface area contributed by atoms with Crippen molar-refractivity contribution in [1.82, 2.24) is 20.2 Å². The van der Waals surface area contributed by atoms with Crippen molar-refractivity contribution in [3.05, 3.63) is 66.9 Å². The molecule has 2 aromatic carbocycles. The minimum Gasteiger partial charge on any atom is -0.489 e. The SMILES string of the molecule is CC(=O)NCCNc1ccccc1-c1nccc(NC(=O)CN2CCCC(Oc3ccccc3)C2)n1. The van der Waals surface area contributed by atoms with Gasteiger partial charge in [-0.2, -0.15) is 0 Å². The van der Waals surface area contributed by atoms with Crippen molar-refractivity contribution in [3.63, 3.8) is 0 Å². The second-order valence-electron chi connectivity index (χ2n) is 8.70. The molecule has 2 amide bonds. The number of carbonyl (C=O) groups is 2. The maximum atomic E-state index is 12.8. The van der Waals surface area contributed by atoms with E-state index < -0.39 is 0 Å². The van der Waals surface area contributed by atoms with Gasteiger partial charge in [0, 0.05) is 44.0 Å². The van der Waals surface area contributed by atoms with Gasteiger partial charge in [-0.25, -0.2) is 9.97 Å². The van der Waals surface area contributed by atoms with E-state index in [1.807, 2.05) is 54.6 Å². The highest BCUT2D eigenvalue weighted by molar-refractivity contribution is 5.91. The smallest absolute Gasteiger partial charge is 0.239 e. The lowest BCUT2D eigenvalue weighted by Gasteiger charge is -2.32. The minimum atomic E-state index is -0.123. The molecule has 36 heavy (non-hydrogen) atoms. The molecule has 9 heteroatoms. The van der Waals surface area contributed by atoms with E-state index in [0.717, 1.165) is 36.4 Å². The van der Waals surface area contributed by atoms with Gasteiger partial charge in [-0.05, 0) is 49.7 Å². The maximum absolute atomic E-state index is 12.8. The molecule has 4 rings (SSSR count). The number of carbonyl (C=O) groups excluding carboxylic acids is 2. The molecule has 1 atom stereocenters. The number of rotatable bonds is 10. The van der Waals surface area contributed by atoms with Crippen molar-refractivity contribution < 1.29 is 14.3 Å². The van der Waals surface area contributed by atoms with Gasteiger partial charge in [0.2, 0.25) is 11.8 Å². The zero-order valence-electron chi connectivity index (χ0n) is 20.4.